The fraction of sp³-hybridized carbons (Fsp3) is 0.607. The summed E-state index contributed by atoms with van der Waals surface area (Å²) in [6.07, 6.45) is 8.22. The number of rotatable bonds is 6. The molecule has 0 radical (unpaired) electrons. The molecule has 1 saturated heterocycles. The lowest BCUT2D eigenvalue weighted by atomic mass is 9.81. The highest BCUT2D eigenvalue weighted by atomic mass is 35.5. The van der Waals surface area contributed by atoms with Crippen LogP contribution in [0, 0.1) is 5.92 Å². The molecule has 1 atom stereocenters. The molecule has 7 nitrogen and oxygen atoms in total. The van der Waals surface area contributed by atoms with Gasteiger partial charge in [0.15, 0.2) is 0 Å². The van der Waals surface area contributed by atoms with Crippen LogP contribution in [-0.2, 0) is 11.3 Å². The molecule has 6 rings (SSSR count). The number of amides is 1. The van der Waals surface area contributed by atoms with Crippen LogP contribution in [-0.4, -0.2) is 63.6 Å². The average Bonchev–Trinajstić information content (AvgIpc) is 3.69. The number of morpholine rings is 1. The van der Waals surface area contributed by atoms with Crippen molar-refractivity contribution < 1.29 is 9.53 Å². The minimum atomic E-state index is -0.0848. The lowest BCUT2D eigenvalue weighted by Gasteiger charge is -2.41. The Bertz CT molecular complexity index is 1110. The van der Waals surface area contributed by atoms with Gasteiger partial charge in [0.25, 0.3) is 5.91 Å². The fourth-order valence-corrected chi connectivity index (χ4v) is 6.38. The van der Waals surface area contributed by atoms with Gasteiger partial charge in [-0.2, -0.15) is 0 Å². The third kappa shape index (κ3) is 4.85. The number of ether oxygens (including phenoxy) is 1. The van der Waals surface area contributed by atoms with Crippen LogP contribution >= 0.6 is 11.6 Å². The average molecular weight is 510 g/mol. The summed E-state index contributed by atoms with van der Waals surface area (Å²) in [7, 11) is 0. The molecule has 1 aromatic carbocycles. The maximum atomic E-state index is 12.7. The molecule has 1 N–H and O–H groups in total. The third-order valence-electron chi connectivity index (χ3n) is 8.53. The molecule has 1 aromatic heterocycles. The van der Waals surface area contributed by atoms with E-state index in [9.17, 15) is 4.79 Å². The van der Waals surface area contributed by atoms with Crippen molar-refractivity contribution in [1.82, 2.24) is 19.8 Å². The molecule has 0 bridgehead atoms. The van der Waals surface area contributed by atoms with Crippen molar-refractivity contribution in [2.24, 2.45) is 5.92 Å². The van der Waals surface area contributed by atoms with Gasteiger partial charge in [0.05, 0.1) is 19.3 Å². The Hall–Kier alpha value is -2.22. The molecule has 2 saturated carbocycles. The summed E-state index contributed by atoms with van der Waals surface area (Å²) in [6.45, 7) is 7.64. The van der Waals surface area contributed by atoms with Crippen molar-refractivity contribution >= 4 is 29.0 Å². The molecule has 2 aromatic rings. The van der Waals surface area contributed by atoms with Gasteiger partial charge in [0, 0.05) is 36.4 Å². The minimum Gasteiger partial charge on any atom is -0.375 e. The monoisotopic (exact) mass is 509 g/mol. The van der Waals surface area contributed by atoms with Crippen molar-refractivity contribution in [3.8, 4) is 0 Å². The summed E-state index contributed by atoms with van der Waals surface area (Å²) in [5.41, 5.74) is 3.57. The van der Waals surface area contributed by atoms with Crippen LogP contribution in [0.2, 0.25) is 5.28 Å². The summed E-state index contributed by atoms with van der Waals surface area (Å²) in [4.78, 5) is 25.9. The van der Waals surface area contributed by atoms with E-state index >= 15 is 0 Å². The zero-order valence-corrected chi connectivity index (χ0v) is 22.0. The molecule has 4 aliphatic rings. The van der Waals surface area contributed by atoms with E-state index in [4.69, 9.17) is 16.3 Å². The van der Waals surface area contributed by atoms with Crippen LogP contribution in [0.25, 0.3) is 0 Å². The lowest BCUT2D eigenvalue weighted by molar-refractivity contribution is -0.0580. The largest absolute Gasteiger partial charge is 0.375 e. The van der Waals surface area contributed by atoms with Gasteiger partial charge < -0.3 is 15.0 Å². The van der Waals surface area contributed by atoms with Crippen LogP contribution in [0.1, 0.15) is 79.9 Å². The van der Waals surface area contributed by atoms with Gasteiger partial charge in [-0.15, -0.1) is 0 Å². The Balaban J connectivity index is 1.08. The predicted molar refractivity (Wildman–Crippen MR) is 141 cm³/mol. The highest BCUT2D eigenvalue weighted by Crippen LogP contribution is 2.39. The van der Waals surface area contributed by atoms with Gasteiger partial charge in [-0.3, -0.25) is 9.69 Å². The first-order valence-corrected chi connectivity index (χ1v) is 13.9. The molecular weight excluding hydrogens is 474 g/mol. The standard InChI is InChI=1S/C28H36ClN5O2/c1-17(2)34-15-23-25(27(34)35)31-28(29)32-26(23)30-21-9-5-18(6-10-21)19-7-11-22(12-8-19)33-13-14-36-24(16-33)20-3-4-20/h5-6,9-10,17,19-20,22,24H,3-4,7-8,11-16H2,1-2H3,(H,30,31,32). The maximum Gasteiger partial charge on any atom is 0.273 e. The Morgan fingerprint density at radius 1 is 1.06 bits per heavy atom. The number of nitrogens with one attached hydrogen (secondary N) is 1. The Kier molecular flexibility index (Phi) is 6.65. The quantitative estimate of drug-likeness (QED) is 0.527. The number of hydrogen-bond acceptors (Lipinski definition) is 6. The Labute approximate surface area is 218 Å². The summed E-state index contributed by atoms with van der Waals surface area (Å²) in [6, 6.07) is 9.51. The van der Waals surface area contributed by atoms with E-state index in [2.05, 4.69) is 44.5 Å². The topological polar surface area (TPSA) is 70.6 Å². The number of benzene rings is 1. The predicted octanol–water partition coefficient (Wildman–Crippen LogP) is 5.37. The first-order chi connectivity index (χ1) is 17.5. The number of nitrogens with zero attached hydrogens (tertiary/aromatic N) is 4. The van der Waals surface area contributed by atoms with Crippen LogP contribution < -0.4 is 5.32 Å². The van der Waals surface area contributed by atoms with Crippen LogP contribution in [0.3, 0.4) is 0 Å². The number of fused-ring (bicyclic) bond motifs is 1. The number of hydrogen-bond donors (Lipinski definition) is 1. The van der Waals surface area contributed by atoms with E-state index in [0.29, 0.717) is 36.1 Å². The van der Waals surface area contributed by atoms with Crippen molar-refractivity contribution in [1.29, 1.82) is 0 Å². The molecule has 36 heavy (non-hydrogen) atoms. The van der Waals surface area contributed by atoms with Crippen molar-refractivity contribution in [3.63, 3.8) is 0 Å². The zero-order valence-electron chi connectivity index (χ0n) is 21.3. The van der Waals surface area contributed by atoms with Gasteiger partial charge in [-0.1, -0.05) is 12.1 Å². The number of anilines is 2. The molecule has 192 valence electrons. The second-order valence-corrected chi connectivity index (χ2v) is 11.5. The molecule has 2 aliphatic heterocycles. The Morgan fingerprint density at radius 2 is 1.81 bits per heavy atom. The van der Waals surface area contributed by atoms with Gasteiger partial charge in [0.1, 0.15) is 11.5 Å². The molecule has 0 spiro atoms. The van der Waals surface area contributed by atoms with Gasteiger partial charge in [0.2, 0.25) is 5.28 Å². The first kappa shape index (κ1) is 24.1. The minimum absolute atomic E-state index is 0.0848. The van der Waals surface area contributed by atoms with Crippen molar-refractivity contribution in [2.75, 3.05) is 25.0 Å². The summed E-state index contributed by atoms with van der Waals surface area (Å²) < 4.78 is 6.04. The maximum absolute atomic E-state index is 12.7. The van der Waals surface area contributed by atoms with Crippen LogP contribution in [0.15, 0.2) is 24.3 Å². The van der Waals surface area contributed by atoms with Gasteiger partial charge in [-0.05, 0) is 93.5 Å². The lowest BCUT2D eigenvalue weighted by Crippen LogP contribution is -2.49. The number of carbonyl (C=O) groups is 1. The van der Waals surface area contributed by atoms with E-state index in [1.54, 1.807) is 4.90 Å². The number of carbonyl (C=O) groups excluding carboxylic acids is 1. The van der Waals surface area contributed by atoms with Gasteiger partial charge in [-0.25, -0.2) is 9.97 Å². The van der Waals surface area contributed by atoms with E-state index in [1.165, 1.54) is 44.1 Å². The summed E-state index contributed by atoms with van der Waals surface area (Å²) >= 11 is 6.17. The van der Waals surface area contributed by atoms with Crippen molar-refractivity contribution in [2.45, 2.75) is 83.0 Å². The summed E-state index contributed by atoms with van der Waals surface area (Å²) in [5, 5.41) is 3.48. The van der Waals surface area contributed by atoms with Crippen molar-refractivity contribution in [3.05, 3.63) is 46.4 Å². The molecule has 3 heterocycles. The first-order valence-electron chi connectivity index (χ1n) is 13.6. The van der Waals surface area contributed by atoms with E-state index in [-0.39, 0.29) is 17.2 Å². The Morgan fingerprint density at radius 3 is 2.50 bits per heavy atom. The third-order valence-corrected chi connectivity index (χ3v) is 8.69. The molecule has 8 heteroatoms. The molecule has 2 aliphatic carbocycles. The highest BCUT2D eigenvalue weighted by molar-refractivity contribution is 6.28. The van der Waals surface area contributed by atoms with Gasteiger partial charge >= 0.3 is 0 Å². The van der Waals surface area contributed by atoms with Crippen LogP contribution in [0.4, 0.5) is 11.5 Å². The van der Waals surface area contributed by atoms with E-state index in [1.807, 2.05) is 13.8 Å². The molecule has 1 unspecified atom stereocenters. The summed E-state index contributed by atoms with van der Waals surface area (Å²) in [5.74, 6) is 1.97. The molecular formula is C28H36ClN5O2. The highest BCUT2D eigenvalue weighted by Gasteiger charge is 2.38. The number of aromatic nitrogens is 2. The molecule has 3 fully saturated rings. The van der Waals surface area contributed by atoms with E-state index < -0.39 is 0 Å². The zero-order chi connectivity index (χ0) is 24.8. The smallest absolute Gasteiger partial charge is 0.273 e. The molecule has 1 amide bonds. The number of halogens is 1. The fourth-order valence-electron chi connectivity index (χ4n) is 6.21. The second kappa shape index (κ2) is 9.92. The normalized spacial score (nSPS) is 26.9. The van der Waals surface area contributed by atoms with E-state index in [0.717, 1.165) is 36.9 Å². The SMILES string of the molecule is CC(C)N1Cc2c(Nc3ccc(C4CCC(N5CCOC(C6CC6)C5)CC4)cc3)nc(Cl)nc2C1=O. The second-order valence-electron chi connectivity index (χ2n) is 11.2. The van der Waals surface area contributed by atoms with Crippen LogP contribution in [0.5, 0.6) is 0 Å².